The summed E-state index contributed by atoms with van der Waals surface area (Å²) >= 11 is 3.56. The Kier molecular flexibility index (Phi) is 6.09. The number of ether oxygens (including phenoxy) is 1. The first-order valence-corrected chi connectivity index (χ1v) is 7.66. The minimum absolute atomic E-state index is 0.393. The molecule has 1 aromatic carbocycles. The second-order valence-electron chi connectivity index (χ2n) is 3.43. The molecule has 90 valence electrons. The quantitative estimate of drug-likeness (QED) is 0.794. The fraction of sp³-hybridized carbons (Fsp3) is 0.500. The lowest BCUT2D eigenvalue weighted by Gasteiger charge is -2.17. The van der Waals surface area contributed by atoms with E-state index in [-0.39, 0.29) is 0 Å². The molecule has 0 aliphatic carbocycles. The summed E-state index contributed by atoms with van der Waals surface area (Å²) in [5.41, 5.74) is 0.953. The SMILES string of the molecule is COc1ccc(C(O)CC(SC)SC)cc1. The van der Waals surface area contributed by atoms with Gasteiger partial charge in [0.15, 0.2) is 0 Å². The van der Waals surface area contributed by atoms with Gasteiger partial charge in [-0.05, 0) is 36.6 Å². The van der Waals surface area contributed by atoms with Crippen molar-refractivity contribution in [2.24, 2.45) is 0 Å². The number of thioether (sulfide) groups is 2. The molecule has 1 unspecified atom stereocenters. The molecule has 0 radical (unpaired) electrons. The van der Waals surface area contributed by atoms with E-state index in [2.05, 4.69) is 12.5 Å². The standard InChI is InChI=1S/C12H18O2S2/c1-14-10-6-4-9(5-7-10)11(13)8-12(15-2)16-3/h4-7,11-13H,8H2,1-3H3. The van der Waals surface area contributed by atoms with E-state index in [9.17, 15) is 5.11 Å². The number of hydrogen-bond donors (Lipinski definition) is 1. The second kappa shape index (κ2) is 7.09. The van der Waals surface area contributed by atoms with Crippen molar-refractivity contribution >= 4 is 23.5 Å². The Morgan fingerprint density at radius 1 is 1.19 bits per heavy atom. The zero-order valence-corrected chi connectivity index (χ0v) is 11.5. The van der Waals surface area contributed by atoms with Gasteiger partial charge in [0.1, 0.15) is 5.75 Å². The first-order chi connectivity index (χ1) is 7.71. The number of hydrogen-bond acceptors (Lipinski definition) is 4. The van der Waals surface area contributed by atoms with E-state index < -0.39 is 6.10 Å². The molecule has 0 saturated carbocycles. The summed E-state index contributed by atoms with van der Waals surface area (Å²) in [7, 11) is 1.64. The van der Waals surface area contributed by atoms with Crippen LogP contribution in [0.3, 0.4) is 0 Å². The summed E-state index contributed by atoms with van der Waals surface area (Å²) in [6.07, 6.45) is 4.52. The second-order valence-corrected chi connectivity index (χ2v) is 5.80. The van der Waals surface area contributed by atoms with Crippen LogP contribution in [-0.2, 0) is 0 Å². The first kappa shape index (κ1) is 13.7. The molecule has 2 nitrogen and oxygen atoms in total. The predicted molar refractivity (Wildman–Crippen MR) is 73.4 cm³/mol. The third kappa shape index (κ3) is 3.92. The van der Waals surface area contributed by atoms with Crippen LogP contribution in [0.25, 0.3) is 0 Å². The summed E-state index contributed by atoms with van der Waals surface area (Å²) in [5.74, 6) is 0.822. The molecule has 1 atom stereocenters. The van der Waals surface area contributed by atoms with Crippen LogP contribution in [0.2, 0.25) is 0 Å². The van der Waals surface area contributed by atoms with Crippen molar-refractivity contribution in [2.45, 2.75) is 17.1 Å². The highest BCUT2D eigenvalue weighted by molar-refractivity contribution is 8.16. The Hall–Kier alpha value is -0.320. The predicted octanol–water partition coefficient (Wildman–Crippen LogP) is 3.17. The van der Waals surface area contributed by atoms with Crippen molar-refractivity contribution in [1.82, 2.24) is 0 Å². The Bertz CT molecular complexity index is 296. The van der Waals surface area contributed by atoms with Gasteiger partial charge in [-0.25, -0.2) is 0 Å². The molecular weight excluding hydrogens is 240 g/mol. The maximum absolute atomic E-state index is 10.0. The minimum atomic E-state index is -0.393. The van der Waals surface area contributed by atoms with Crippen LogP contribution in [-0.4, -0.2) is 29.3 Å². The summed E-state index contributed by atoms with van der Waals surface area (Å²) < 4.78 is 5.52. The van der Waals surface area contributed by atoms with Crippen LogP contribution in [0.15, 0.2) is 24.3 Å². The van der Waals surface area contributed by atoms with Gasteiger partial charge in [-0.2, -0.15) is 23.5 Å². The molecule has 0 spiro atoms. The highest BCUT2D eigenvalue weighted by Crippen LogP contribution is 2.30. The lowest BCUT2D eigenvalue weighted by Crippen LogP contribution is -2.05. The number of methoxy groups -OCH3 is 1. The molecule has 1 rings (SSSR count). The van der Waals surface area contributed by atoms with Crippen LogP contribution in [0.4, 0.5) is 0 Å². The van der Waals surface area contributed by atoms with Crippen LogP contribution in [0.5, 0.6) is 5.75 Å². The van der Waals surface area contributed by atoms with Crippen molar-refractivity contribution in [3.8, 4) is 5.75 Å². The smallest absolute Gasteiger partial charge is 0.118 e. The summed E-state index contributed by atoms with van der Waals surface area (Å²) in [5, 5.41) is 10.0. The number of rotatable bonds is 6. The lowest BCUT2D eigenvalue weighted by molar-refractivity contribution is 0.173. The van der Waals surface area contributed by atoms with Crippen molar-refractivity contribution in [2.75, 3.05) is 19.6 Å². The normalized spacial score (nSPS) is 12.8. The van der Waals surface area contributed by atoms with E-state index in [1.807, 2.05) is 24.3 Å². The largest absolute Gasteiger partial charge is 0.497 e. The molecule has 0 saturated heterocycles. The topological polar surface area (TPSA) is 29.5 Å². The Balaban J connectivity index is 2.61. The fourth-order valence-electron chi connectivity index (χ4n) is 1.43. The zero-order valence-electron chi connectivity index (χ0n) is 9.84. The van der Waals surface area contributed by atoms with E-state index in [4.69, 9.17) is 4.74 Å². The molecule has 0 heterocycles. The fourth-order valence-corrected chi connectivity index (χ4v) is 2.95. The third-order valence-corrected chi connectivity index (χ3v) is 5.03. The molecule has 0 aliphatic rings. The van der Waals surface area contributed by atoms with Crippen molar-refractivity contribution in [3.05, 3.63) is 29.8 Å². The van der Waals surface area contributed by atoms with Gasteiger partial charge in [0.05, 0.1) is 17.8 Å². The Morgan fingerprint density at radius 3 is 2.19 bits per heavy atom. The lowest BCUT2D eigenvalue weighted by atomic mass is 10.1. The molecule has 1 aromatic rings. The van der Waals surface area contributed by atoms with E-state index >= 15 is 0 Å². The zero-order chi connectivity index (χ0) is 12.0. The summed E-state index contributed by atoms with van der Waals surface area (Å²) in [6.45, 7) is 0. The highest BCUT2D eigenvalue weighted by atomic mass is 32.2. The van der Waals surface area contributed by atoms with Gasteiger partial charge in [0.25, 0.3) is 0 Å². The Morgan fingerprint density at radius 2 is 1.75 bits per heavy atom. The molecule has 0 amide bonds. The maximum Gasteiger partial charge on any atom is 0.118 e. The molecule has 0 aromatic heterocycles. The molecule has 1 N–H and O–H groups in total. The molecule has 4 heteroatoms. The number of aliphatic hydroxyl groups is 1. The molecular formula is C12H18O2S2. The van der Waals surface area contributed by atoms with Gasteiger partial charge < -0.3 is 9.84 Å². The Labute approximate surface area is 106 Å². The van der Waals surface area contributed by atoms with Crippen LogP contribution >= 0.6 is 23.5 Å². The van der Waals surface area contributed by atoms with Gasteiger partial charge in [-0.1, -0.05) is 12.1 Å². The van der Waals surface area contributed by atoms with E-state index in [0.29, 0.717) is 4.58 Å². The van der Waals surface area contributed by atoms with Crippen LogP contribution in [0, 0.1) is 0 Å². The van der Waals surface area contributed by atoms with Gasteiger partial charge in [0.2, 0.25) is 0 Å². The van der Waals surface area contributed by atoms with E-state index in [0.717, 1.165) is 17.7 Å². The van der Waals surface area contributed by atoms with Crippen molar-refractivity contribution in [3.63, 3.8) is 0 Å². The van der Waals surface area contributed by atoms with Crippen molar-refractivity contribution in [1.29, 1.82) is 0 Å². The van der Waals surface area contributed by atoms with Crippen molar-refractivity contribution < 1.29 is 9.84 Å². The van der Waals surface area contributed by atoms with Gasteiger partial charge in [-0.15, -0.1) is 0 Å². The maximum atomic E-state index is 10.0. The summed E-state index contributed by atoms with van der Waals surface area (Å²) in [6, 6.07) is 7.60. The third-order valence-electron chi connectivity index (χ3n) is 2.44. The van der Waals surface area contributed by atoms with Gasteiger partial charge in [0, 0.05) is 0 Å². The van der Waals surface area contributed by atoms with E-state index in [1.165, 1.54) is 0 Å². The molecule has 16 heavy (non-hydrogen) atoms. The molecule has 0 bridgehead atoms. The number of benzene rings is 1. The molecule has 0 aliphatic heterocycles. The first-order valence-electron chi connectivity index (χ1n) is 5.09. The van der Waals surface area contributed by atoms with E-state index in [1.54, 1.807) is 30.6 Å². The average molecular weight is 258 g/mol. The highest BCUT2D eigenvalue weighted by Gasteiger charge is 2.14. The van der Waals surface area contributed by atoms with Crippen LogP contribution < -0.4 is 4.74 Å². The number of aliphatic hydroxyl groups excluding tert-OH is 1. The van der Waals surface area contributed by atoms with Crippen LogP contribution in [0.1, 0.15) is 18.1 Å². The average Bonchev–Trinajstić information content (AvgIpc) is 2.35. The monoisotopic (exact) mass is 258 g/mol. The van der Waals surface area contributed by atoms with Gasteiger partial charge in [-0.3, -0.25) is 0 Å². The van der Waals surface area contributed by atoms with Gasteiger partial charge >= 0.3 is 0 Å². The molecule has 0 fully saturated rings. The summed E-state index contributed by atoms with van der Waals surface area (Å²) in [4.78, 5) is 0. The minimum Gasteiger partial charge on any atom is -0.497 e.